The largest absolute Gasteiger partial charge is 0.343 e. The average molecular weight is 309 g/mol. The molecule has 1 aromatic carbocycles. The highest BCUT2D eigenvalue weighted by molar-refractivity contribution is 5.72. The molecule has 2 amide bonds. The molecule has 7 heteroatoms. The number of hydrazine groups is 2. The second-order valence-electron chi connectivity index (χ2n) is 5.55. The molecule has 1 heterocycles. The summed E-state index contributed by atoms with van der Waals surface area (Å²) in [6, 6.07) is 6.43. The van der Waals surface area contributed by atoms with Crippen LogP contribution in [-0.4, -0.2) is 37.1 Å². The predicted octanol–water partition coefficient (Wildman–Crippen LogP) is 1.07. The maximum atomic E-state index is 12.9. The fourth-order valence-electron chi connectivity index (χ4n) is 2.79. The number of halogens is 1. The SMILES string of the molecule is NNC(=O)NNCCCN1CCC(c2ccc(F)cc2)CC1. The van der Waals surface area contributed by atoms with E-state index in [0.29, 0.717) is 12.5 Å². The number of nitrogens with two attached hydrogens (primary N) is 1. The Kier molecular flexibility index (Phi) is 6.57. The number of carbonyl (C=O) groups is 1. The quantitative estimate of drug-likeness (QED) is 0.274. The Morgan fingerprint density at radius 1 is 1.27 bits per heavy atom. The fourth-order valence-corrected chi connectivity index (χ4v) is 2.79. The maximum absolute atomic E-state index is 12.9. The Morgan fingerprint density at radius 2 is 1.95 bits per heavy atom. The van der Waals surface area contributed by atoms with Crippen LogP contribution >= 0.6 is 0 Å². The molecule has 0 atom stereocenters. The third-order valence-electron chi connectivity index (χ3n) is 4.04. The third kappa shape index (κ3) is 5.25. The number of piperidine rings is 1. The molecule has 0 aromatic heterocycles. The normalized spacial score (nSPS) is 16.5. The summed E-state index contributed by atoms with van der Waals surface area (Å²) >= 11 is 0. The molecule has 1 aliphatic rings. The number of amides is 2. The molecule has 1 fully saturated rings. The Morgan fingerprint density at radius 3 is 2.59 bits per heavy atom. The van der Waals surface area contributed by atoms with Crippen molar-refractivity contribution in [3.05, 3.63) is 35.6 Å². The molecule has 1 aromatic rings. The Labute approximate surface area is 130 Å². The fraction of sp³-hybridized carbons (Fsp3) is 0.533. The van der Waals surface area contributed by atoms with Crippen LogP contribution in [-0.2, 0) is 0 Å². The van der Waals surface area contributed by atoms with Crippen LogP contribution in [0.5, 0.6) is 0 Å². The van der Waals surface area contributed by atoms with Crippen LogP contribution in [0, 0.1) is 5.82 Å². The van der Waals surface area contributed by atoms with Crippen molar-refractivity contribution in [3.8, 4) is 0 Å². The molecule has 122 valence electrons. The van der Waals surface area contributed by atoms with E-state index < -0.39 is 6.03 Å². The Bertz CT molecular complexity index is 460. The van der Waals surface area contributed by atoms with E-state index in [2.05, 4.69) is 15.8 Å². The zero-order chi connectivity index (χ0) is 15.8. The van der Waals surface area contributed by atoms with Crippen LogP contribution in [0.2, 0.25) is 0 Å². The number of urea groups is 1. The summed E-state index contributed by atoms with van der Waals surface area (Å²) in [5.74, 6) is 5.30. The average Bonchev–Trinajstić information content (AvgIpc) is 2.55. The standard InChI is InChI=1S/C15H24FN5O/c16-14-4-2-12(3-5-14)13-6-10-21(11-7-13)9-1-8-18-20-15(22)19-17/h2-5,13,18H,1,6-11,17H2,(H2,19,20,22). The molecule has 0 unspecified atom stereocenters. The molecule has 0 bridgehead atoms. The first-order valence-electron chi connectivity index (χ1n) is 7.66. The van der Waals surface area contributed by atoms with Crippen LogP contribution in [0.15, 0.2) is 24.3 Å². The van der Waals surface area contributed by atoms with E-state index in [1.165, 1.54) is 17.7 Å². The number of benzene rings is 1. The Balaban J connectivity index is 1.61. The lowest BCUT2D eigenvalue weighted by Gasteiger charge is -2.32. The molecule has 6 nitrogen and oxygen atoms in total. The van der Waals surface area contributed by atoms with Gasteiger partial charge in [-0.25, -0.2) is 20.5 Å². The summed E-state index contributed by atoms with van der Waals surface area (Å²) < 4.78 is 12.9. The van der Waals surface area contributed by atoms with Crippen molar-refractivity contribution in [1.82, 2.24) is 21.2 Å². The van der Waals surface area contributed by atoms with Gasteiger partial charge in [-0.2, -0.15) is 0 Å². The number of likely N-dealkylation sites (tertiary alicyclic amines) is 1. The van der Waals surface area contributed by atoms with Gasteiger partial charge in [-0.05, 0) is 62.5 Å². The minimum atomic E-state index is -0.444. The minimum absolute atomic E-state index is 0.175. The molecule has 1 aliphatic heterocycles. The third-order valence-corrected chi connectivity index (χ3v) is 4.04. The van der Waals surface area contributed by atoms with Gasteiger partial charge >= 0.3 is 6.03 Å². The number of hydrogen-bond acceptors (Lipinski definition) is 4. The summed E-state index contributed by atoms with van der Waals surface area (Å²) in [5, 5.41) is 0. The monoisotopic (exact) mass is 309 g/mol. The number of nitrogens with one attached hydrogen (secondary N) is 3. The number of carbonyl (C=O) groups excluding carboxylic acids is 1. The van der Waals surface area contributed by atoms with Crippen LogP contribution in [0.4, 0.5) is 9.18 Å². The predicted molar refractivity (Wildman–Crippen MR) is 83.3 cm³/mol. The van der Waals surface area contributed by atoms with Crippen LogP contribution in [0.25, 0.3) is 0 Å². The van der Waals surface area contributed by atoms with Crippen molar-refractivity contribution in [1.29, 1.82) is 0 Å². The van der Waals surface area contributed by atoms with Gasteiger partial charge in [0.1, 0.15) is 5.82 Å². The molecule has 5 N–H and O–H groups in total. The first-order valence-corrected chi connectivity index (χ1v) is 7.66. The van der Waals surface area contributed by atoms with Gasteiger partial charge in [0.2, 0.25) is 0 Å². The summed E-state index contributed by atoms with van der Waals surface area (Å²) in [4.78, 5) is 13.2. The lowest BCUT2D eigenvalue weighted by molar-refractivity contribution is 0.208. The van der Waals surface area contributed by atoms with Crippen LogP contribution in [0.1, 0.15) is 30.7 Å². The van der Waals surface area contributed by atoms with E-state index in [-0.39, 0.29) is 5.82 Å². The van der Waals surface area contributed by atoms with E-state index in [4.69, 9.17) is 5.84 Å². The molecule has 0 spiro atoms. The van der Waals surface area contributed by atoms with Crippen LogP contribution < -0.4 is 22.1 Å². The van der Waals surface area contributed by atoms with Crippen molar-refractivity contribution in [2.45, 2.75) is 25.2 Å². The second-order valence-corrected chi connectivity index (χ2v) is 5.55. The smallest absolute Gasteiger partial charge is 0.303 e. The maximum Gasteiger partial charge on any atom is 0.343 e. The van der Waals surface area contributed by atoms with Crippen molar-refractivity contribution in [2.24, 2.45) is 5.84 Å². The topological polar surface area (TPSA) is 82.4 Å². The number of nitrogens with zero attached hydrogens (tertiary/aromatic N) is 1. The van der Waals surface area contributed by atoms with Crippen molar-refractivity contribution in [3.63, 3.8) is 0 Å². The zero-order valence-electron chi connectivity index (χ0n) is 12.6. The van der Waals surface area contributed by atoms with E-state index in [0.717, 1.165) is 38.9 Å². The number of hydrogen-bond donors (Lipinski definition) is 4. The van der Waals surface area contributed by atoms with Gasteiger partial charge in [0.05, 0.1) is 0 Å². The van der Waals surface area contributed by atoms with Gasteiger partial charge in [0.25, 0.3) is 0 Å². The second kappa shape index (κ2) is 8.67. The summed E-state index contributed by atoms with van der Waals surface area (Å²) in [7, 11) is 0. The highest BCUT2D eigenvalue weighted by Crippen LogP contribution is 2.27. The molecule has 0 aliphatic carbocycles. The molecule has 0 radical (unpaired) electrons. The summed E-state index contributed by atoms with van der Waals surface area (Å²) in [5.41, 5.74) is 8.46. The van der Waals surface area contributed by atoms with Gasteiger partial charge in [-0.15, -0.1) is 0 Å². The van der Waals surface area contributed by atoms with Crippen LogP contribution in [0.3, 0.4) is 0 Å². The first kappa shape index (κ1) is 16.7. The number of rotatable bonds is 6. The lowest BCUT2D eigenvalue weighted by Crippen LogP contribution is -2.47. The highest BCUT2D eigenvalue weighted by Gasteiger charge is 2.20. The van der Waals surface area contributed by atoms with E-state index in [1.807, 2.05) is 17.6 Å². The van der Waals surface area contributed by atoms with Crippen molar-refractivity contribution in [2.75, 3.05) is 26.2 Å². The Hall–Kier alpha value is -1.70. The molecular formula is C15H24FN5O. The molecule has 22 heavy (non-hydrogen) atoms. The molecule has 2 rings (SSSR count). The van der Waals surface area contributed by atoms with E-state index in [1.54, 1.807) is 0 Å². The van der Waals surface area contributed by atoms with Crippen molar-refractivity contribution < 1.29 is 9.18 Å². The molecule has 1 saturated heterocycles. The molecule has 0 saturated carbocycles. The minimum Gasteiger partial charge on any atom is -0.303 e. The lowest BCUT2D eigenvalue weighted by atomic mass is 9.89. The van der Waals surface area contributed by atoms with Gasteiger partial charge in [0, 0.05) is 6.54 Å². The highest BCUT2D eigenvalue weighted by atomic mass is 19.1. The van der Waals surface area contributed by atoms with E-state index in [9.17, 15) is 9.18 Å². The van der Waals surface area contributed by atoms with Gasteiger partial charge in [-0.1, -0.05) is 12.1 Å². The van der Waals surface area contributed by atoms with Gasteiger partial charge in [0.15, 0.2) is 0 Å². The first-order chi connectivity index (χ1) is 10.7. The molecular weight excluding hydrogens is 285 g/mol. The van der Waals surface area contributed by atoms with Gasteiger partial charge < -0.3 is 4.90 Å². The van der Waals surface area contributed by atoms with Gasteiger partial charge in [-0.3, -0.25) is 10.9 Å². The van der Waals surface area contributed by atoms with E-state index >= 15 is 0 Å². The summed E-state index contributed by atoms with van der Waals surface area (Å²) in [6.45, 7) is 3.80. The summed E-state index contributed by atoms with van der Waals surface area (Å²) in [6.07, 6.45) is 3.16. The zero-order valence-corrected chi connectivity index (χ0v) is 12.6. The van der Waals surface area contributed by atoms with Crippen molar-refractivity contribution >= 4 is 6.03 Å².